The number of hydrogen-bond acceptors (Lipinski definition) is 3. The fourth-order valence-corrected chi connectivity index (χ4v) is 2.94. The maximum absolute atomic E-state index is 11.7. The van der Waals surface area contributed by atoms with Gasteiger partial charge in [0.15, 0.2) is 0 Å². The smallest absolute Gasteiger partial charge is 0.149 e. The number of Topliss-reactive ketones (excluding diaryl/α,β-unsaturated/α-hetero) is 1. The molecule has 0 fully saturated rings. The number of nitrogens with zero attached hydrogens (tertiary/aromatic N) is 1. The highest BCUT2D eigenvalue weighted by Crippen LogP contribution is 2.20. The van der Waals surface area contributed by atoms with Crippen molar-refractivity contribution in [3.63, 3.8) is 0 Å². The summed E-state index contributed by atoms with van der Waals surface area (Å²) in [7, 11) is 1.99. The van der Waals surface area contributed by atoms with Crippen molar-refractivity contribution in [1.29, 1.82) is 0 Å². The van der Waals surface area contributed by atoms with Gasteiger partial charge in [-0.05, 0) is 35.5 Å². The number of thiophene rings is 1. The molecule has 1 unspecified atom stereocenters. The minimum Gasteiger partial charge on any atom is -0.298 e. The molecule has 1 rings (SSSR count). The Kier molecular flexibility index (Phi) is 5.66. The topological polar surface area (TPSA) is 20.3 Å². The number of carbonyl (C=O) groups excluding carboxylic acids is 1. The number of halogens is 1. The first kappa shape index (κ1) is 13.9. The van der Waals surface area contributed by atoms with Crippen molar-refractivity contribution < 1.29 is 4.79 Å². The van der Waals surface area contributed by atoms with Crippen molar-refractivity contribution in [2.75, 3.05) is 13.6 Å². The molecule has 1 aromatic heterocycles. The van der Waals surface area contributed by atoms with Crippen LogP contribution in [0.25, 0.3) is 0 Å². The van der Waals surface area contributed by atoms with Gasteiger partial charge in [0.1, 0.15) is 5.78 Å². The van der Waals surface area contributed by atoms with Crippen molar-refractivity contribution in [2.45, 2.75) is 26.8 Å². The molecule has 90 valence electrons. The fraction of sp³-hybridized carbons (Fsp3) is 0.583. The van der Waals surface area contributed by atoms with Crippen molar-refractivity contribution in [2.24, 2.45) is 5.92 Å². The van der Waals surface area contributed by atoms with E-state index in [1.807, 2.05) is 14.0 Å². The van der Waals surface area contributed by atoms with E-state index in [4.69, 9.17) is 0 Å². The predicted octanol–water partition coefficient (Wildman–Crippen LogP) is 3.56. The van der Waals surface area contributed by atoms with Gasteiger partial charge in [0.2, 0.25) is 0 Å². The minimum absolute atomic E-state index is 0.178. The summed E-state index contributed by atoms with van der Waals surface area (Å²) in [5, 5.41) is 2.07. The molecule has 0 aliphatic carbocycles. The second-order valence-electron chi connectivity index (χ2n) is 4.18. The lowest BCUT2D eigenvalue weighted by atomic mass is 10.0. The SMILES string of the molecule is CCC(C)C(=O)CN(C)Cc1cc(Br)cs1. The predicted molar refractivity (Wildman–Crippen MR) is 72.8 cm³/mol. The number of hydrogen-bond donors (Lipinski definition) is 0. The van der Waals surface area contributed by atoms with Gasteiger partial charge < -0.3 is 0 Å². The van der Waals surface area contributed by atoms with E-state index in [-0.39, 0.29) is 5.92 Å². The van der Waals surface area contributed by atoms with Gasteiger partial charge in [-0.1, -0.05) is 13.8 Å². The van der Waals surface area contributed by atoms with E-state index in [1.54, 1.807) is 11.3 Å². The Bertz CT molecular complexity index is 351. The molecule has 0 aliphatic heterocycles. The van der Waals surface area contributed by atoms with Crippen LogP contribution in [0.1, 0.15) is 25.1 Å². The minimum atomic E-state index is 0.178. The lowest BCUT2D eigenvalue weighted by Crippen LogP contribution is -2.28. The van der Waals surface area contributed by atoms with Crippen LogP contribution in [0.4, 0.5) is 0 Å². The van der Waals surface area contributed by atoms with Gasteiger partial charge >= 0.3 is 0 Å². The molecule has 4 heteroatoms. The van der Waals surface area contributed by atoms with Crippen LogP contribution < -0.4 is 0 Å². The standard InChI is InChI=1S/C12H18BrNOS/c1-4-9(2)12(15)7-14(3)6-11-5-10(13)8-16-11/h5,8-9H,4,6-7H2,1-3H3. The zero-order valence-electron chi connectivity index (χ0n) is 10.00. The van der Waals surface area contributed by atoms with Gasteiger partial charge in [-0.2, -0.15) is 0 Å². The second-order valence-corrected chi connectivity index (χ2v) is 6.09. The molecular formula is C12H18BrNOS. The Morgan fingerprint density at radius 2 is 2.31 bits per heavy atom. The molecule has 1 heterocycles. The third kappa shape index (κ3) is 4.36. The first-order valence-electron chi connectivity index (χ1n) is 5.47. The molecule has 1 atom stereocenters. The van der Waals surface area contributed by atoms with Gasteiger partial charge in [-0.15, -0.1) is 11.3 Å². The van der Waals surface area contributed by atoms with Crippen LogP contribution in [0.15, 0.2) is 15.9 Å². The van der Waals surface area contributed by atoms with E-state index >= 15 is 0 Å². The molecule has 0 saturated heterocycles. The van der Waals surface area contributed by atoms with E-state index in [9.17, 15) is 4.79 Å². The van der Waals surface area contributed by atoms with Crippen LogP contribution in [0.2, 0.25) is 0 Å². The van der Waals surface area contributed by atoms with Gasteiger partial charge in [-0.25, -0.2) is 0 Å². The van der Waals surface area contributed by atoms with Crippen LogP contribution in [0, 0.1) is 5.92 Å². The molecule has 0 aromatic carbocycles. The number of rotatable bonds is 6. The largest absolute Gasteiger partial charge is 0.298 e. The molecule has 1 aromatic rings. The Morgan fingerprint density at radius 1 is 1.62 bits per heavy atom. The van der Waals surface area contributed by atoms with Crippen LogP contribution >= 0.6 is 27.3 Å². The van der Waals surface area contributed by atoms with Crippen LogP contribution in [0.3, 0.4) is 0 Å². The van der Waals surface area contributed by atoms with Gasteiger partial charge in [0.25, 0.3) is 0 Å². The monoisotopic (exact) mass is 303 g/mol. The van der Waals surface area contributed by atoms with Crippen molar-refractivity contribution >= 4 is 33.0 Å². The highest BCUT2D eigenvalue weighted by molar-refractivity contribution is 9.10. The molecule has 0 bridgehead atoms. The molecule has 2 nitrogen and oxygen atoms in total. The molecular weight excluding hydrogens is 286 g/mol. The Balaban J connectivity index is 2.41. The van der Waals surface area contributed by atoms with E-state index < -0.39 is 0 Å². The highest BCUT2D eigenvalue weighted by Gasteiger charge is 2.13. The lowest BCUT2D eigenvalue weighted by Gasteiger charge is -2.16. The Labute approximate surface area is 110 Å². The second kappa shape index (κ2) is 6.52. The molecule has 0 amide bonds. The zero-order valence-corrected chi connectivity index (χ0v) is 12.4. The van der Waals surface area contributed by atoms with E-state index in [0.717, 1.165) is 17.4 Å². The summed E-state index contributed by atoms with van der Waals surface area (Å²) >= 11 is 5.15. The molecule has 0 aliphatic rings. The maximum Gasteiger partial charge on any atom is 0.149 e. The van der Waals surface area contributed by atoms with Gasteiger partial charge in [0.05, 0.1) is 6.54 Å². The molecule has 0 N–H and O–H groups in total. The number of carbonyl (C=O) groups is 1. The summed E-state index contributed by atoms with van der Waals surface area (Å²) in [5.74, 6) is 0.512. The van der Waals surface area contributed by atoms with Crippen LogP contribution in [-0.4, -0.2) is 24.3 Å². The third-order valence-electron chi connectivity index (χ3n) is 2.64. The number of ketones is 1. The van der Waals surface area contributed by atoms with E-state index in [1.165, 1.54) is 4.88 Å². The van der Waals surface area contributed by atoms with E-state index in [0.29, 0.717) is 12.3 Å². The van der Waals surface area contributed by atoms with Crippen LogP contribution in [0.5, 0.6) is 0 Å². The molecule has 0 saturated carbocycles. The average molecular weight is 304 g/mol. The maximum atomic E-state index is 11.7. The summed E-state index contributed by atoms with van der Waals surface area (Å²) in [6.45, 7) is 5.44. The molecule has 0 radical (unpaired) electrons. The van der Waals surface area contributed by atoms with E-state index in [2.05, 4.69) is 39.2 Å². The van der Waals surface area contributed by atoms with Crippen molar-refractivity contribution in [3.8, 4) is 0 Å². The zero-order chi connectivity index (χ0) is 12.1. The van der Waals surface area contributed by atoms with Gasteiger partial charge in [0, 0.05) is 27.2 Å². The molecule has 0 spiro atoms. The molecule has 16 heavy (non-hydrogen) atoms. The highest BCUT2D eigenvalue weighted by atomic mass is 79.9. The first-order chi connectivity index (χ1) is 7.52. The quantitative estimate of drug-likeness (QED) is 0.801. The summed E-state index contributed by atoms with van der Waals surface area (Å²) in [6, 6.07) is 2.11. The first-order valence-corrected chi connectivity index (χ1v) is 7.14. The fourth-order valence-electron chi connectivity index (χ4n) is 1.41. The van der Waals surface area contributed by atoms with Crippen molar-refractivity contribution in [3.05, 3.63) is 20.8 Å². The summed E-state index contributed by atoms with van der Waals surface area (Å²) < 4.78 is 1.12. The summed E-state index contributed by atoms with van der Waals surface area (Å²) in [4.78, 5) is 15.1. The lowest BCUT2D eigenvalue weighted by molar-refractivity contribution is -0.123. The Morgan fingerprint density at radius 3 is 2.81 bits per heavy atom. The van der Waals surface area contributed by atoms with Crippen molar-refractivity contribution in [1.82, 2.24) is 4.90 Å². The summed E-state index contributed by atoms with van der Waals surface area (Å²) in [5.41, 5.74) is 0. The number of likely N-dealkylation sites (N-methyl/N-ethyl adjacent to an activating group) is 1. The van der Waals surface area contributed by atoms with Crippen LogP contribution in [-0.2, 0) is 11.3 Å². The third-order valence-corrected chi connectivity index (χ3v) is 4.32. The normalized spacial score (nSPS) is 13.1. The van der Waals surface area contributed by atoms with Gasteiger partial charge in [-0.3, -0.25) is 9.69 Å². The summed E-state index contributed by atoms with van der Waals surface area (Å²) in [6.07, 6.45) is 0.928. The Hall–Kier alpha value is -0.190. The average Bonchev–Trinajstić information content (AvgIpc) is 2.62.